The maximum atomic E-state index is 11.3. The van der Waals surface area contributed by atoms with Crippen LogP contribution in [0.25, 0.3) is 0 Å². The molecular weight excluding hydrogens is 204 g/mol. The molecule has 1 aliphatic heterocycles. The van der Waals surface area contributed by atoms with Gasteiger partial charge >= 0.3 is 0 Å². The summed E-state index contributed by atoms with van der Waals surface area (Å²) in [6, 6.07) is 2.31. The lowest BCUT2D eigenvalue weighted by atomic mass is 9.85. The molecule has 2 bridgehead atoms. The van der Waals surface area contributed by atoms with Gasteiger partial charge in [0.05, 0.1) is 5.69 Å². The predicted octanol–water partition coefficient (Wildman–Crippen LogP) is 1.53. The fourth-order valence-electron chi connectivity index (χ4n) is 3.12. The van der Waals surface area contributed by atoms with Crippen LogP contribution in [-0.2, 0) is 5.54 Å². The number of nitroso groups, excluding NO2 is 1. The quantitative estimate of drug-likeness (QED) is 0.742. The van der Waals surface area contributed by atoms with Crippen LogP contribution in [0.5, 0.6) is 0 Å². The lowest BCUT2D eigenvalue weighted by molar-refractivity contribution is 0.319. The highest BCUT2D eigenvalue weighted by Gasteiger charge is 2.43. The van der Waals surface area contributed by atoms with Gasteiger partial charge in [-0.15, -0.1) is 4.91 Å². The van der Waals surface area contributed by atoms with Crippen molar-refractivity contribution in [3.05, 3.63) is 22.9 Å². The van der Waals surface area contributed by atoms with Crippen LogP contribution in [0.15, 0.2) is 17.4 Å². The van der Waals surface area contributed by atoms with Crippen molar-refractivity contribution < 1.29 is 0 Å². The minimum atomic E-state index is -0.580. The summed E-state index contributed by atoms with van der Waals surface area (Å²) < 4.78 is 0. The largest absolute Gasteiger partial charge is 0.314 e. The molecule has 2 heterocycles. The molecule has 1 aromatic rings. The van der Waals surface area contributed by atoms with E-state index in [1.54, 1.807) is 6.20 Å². The molecule has 1 aliphatic carbocycles. The van der Waals surface area contributed by atoms with Gasteiger partial charge in [0, 0.05) is 12.2 Å². The predicted molar refractivity (Wildman–Crippen MR) is 59.8 cm³/mol. The van der Waals surface area contributed by atoms with Crippen molar-refractivity contribution in [2.24, 2.45) is 11.1 Å². The highest BCUT2D eigenvalue weighted by molar-refractivity contribution is 5.16. The molecule has 0 amide bonds. The summed E-state index contributed by atoms with van der Waals surface area (Å²) in [6.45, 7) is 1.10. The zero-order chi connectivity index (χ0) is 11.0. The molecule has 1 saturated heterocycles. The van der Waals surface area contributed by atoms with Crippen molar-refractivity contribution in [3.63, 3.8) is 0 Å². The van der Waals surface area contributed by atoms with Gasteiger partial charge in [-0.25, -0.2) is 0 Å². The molecule has 3 atom stereocenters. The van der Waals surface area contributed by atoms with E-state index in [1.807, 2.05) is 6.07 Å². The average molecular weight is 220 g/mol. The molecule has 2 N–H and O–H groups in total. The normalized spacial score (nSPS) is 38.2. The second kappa shape index (κ2) is 3.66. The van der Waals surface area contributed by atoms with E-state index < -0.39 is 5.54 Å². The Morgan fingerprint density at radius 1 is 1.56 bits per heavy atom. The zero-order valence-electron chi connectivity index (χ0n) is 9.15. The Morgan fingerprint density at radius 2 is 2.50 bits per heavy atom. The van der Waals surface area contributed by atoms with Gasteiger partial charge in [0.1, 0.15) is 5.54 Å². The maximum Gasteiger partial charge on any atom is 0.145 e. The molecule has 3 unspecified atom stereocenters. The summed E-state index contributed by atoms with van der Waals surface area (Å²) in [5, 5.41) is 13.8. The first-order valence-electron chi connectivity index (χ1n) is 5.90. The molecule has 1 aromatic heterocycles. The molecule has 5 nitrogen and oxygen atoms in total. The Balaban J connectivity index is 1.93. The van der Waals surface area contributed by atoms with Crippen LogP contribution in [0, 0.1) is 10.8 Å². The van der Waals surface area contributed by atoms with Crippen molar-refractivity contribution in [3.8, 4) is 0 Å². The number of hydrogen-bond donors (Lipinski definition) is 2. The maximum absolute atomic E-state index is 11.3. The van der Waals surface area contributed by atoms with Crippen molar-refractivity contribution in [1.82, 2.24) is 15.5 Å². The molecule has 5 heteroatoms. The molecule has 0 radical (unpaired) electrons. The fourth-order valence-corrected chi connectivity index (χ4v) is 3.12. The Morgan fingerprint density at radius 3 is 3.25 bits per heavy atom. The van der Waals surface area contributed by atoms with E-state index in [2.05, 4.69) is 20.7 Å². The van der Waals surface area contributed by atoms with Crippen molar-refractivity contribution in [2.75, 3.05) is 6.54 Å². The molecule has 16 heavy (non-hydrogen) atoms. The van der Waals surface area contributed by atoms with E-state index >= 15 is 0 Å². The van der Waals surface area contributed by atoms with Gasteiger partial charge in [-0.2, -0.15) is 5.10 Å². The number of nitrogens with zero attached hydrogens (tertiary/aromatic N) is 2. The molecule has 1 saturated carbocycles. The van der Waals surface area contributed by atoms with Crippen LogP contribution in [-0.4, -0.2) is 22.8 Å². The van der Waals surface area contributed by atoms with Crippen molar-refractivity contribution in [1.29, 1.82) is 0 Å². The van der Waals surface area contributed by atoms with Crippen molar-refractivity contribution >= 4 is 0 Å². The topological polar surface area (TPSA) is 70.1 Å². The lowest BCUT2D eigenvalue weighted by Gasteiger charge is -2.27. The summed E-state index contributed by atoms with van der Waals surface area (Å²) in [7, 11) is 0. The Kier molecular flexibility index (Phi) is 2.28. The minimum Gasteiger partial charge on any atom is -0.314 e. The van der Waals surface area contributed by atoms with E-state index in [4.69, 9.17) is 0 Å². The summed E-state index contributed by atoms with van der Waals surface area (Å²) in [5.41, 5.74) is 0.292. The number of aromatic nitrogens is 2. The van der Waals surface area contributed by atoms with Gasteiger partial charge in [-0.05, 0) is 44.2 Å². The summed E-state index contributed by atoms with van der Waals surface area (Å²) in [5.74, 6) is 0.719. The average Bonchev–Trinajstić information content (AvgIpc) is 2.90. The van der Waals surface area contributed by atoms with E-state index in [-0.39, 0.29) is 0 Å². The van der Waals surface area contributed by atoms with Gasteiger partial charge in [0.25, 0.3) is 0 Å². The Hall–Kier alpha value is -1.23. The second-order valence-electron chi connectivity index (χ2n) is 5.04. The molecule has 0 spiro atoms. The standard InChI is InChI=1S/C11H16N4O/c16-15-11(10-2-4-13-14-10)3-1-8-5-9(6-11)12-7-8/h2,4,8-9,12H,1,3,5-7H2,(H,13,14). The van der Waals surface area contributed by atoms with Crippen LogP contribution < -0.4 is 5.32 Å². The first-order chi connectivity index (χ1) is 7.82. The van der Waals surface area contributed by atoms with Crippen LogP contribution in [0.3, 0.4) is 0 Å². The SMILES string of the molecule is O=NC1(c2ccn[nH]2)CCC2CNC(C2)C1. The molecule has 2 aliphatic rings. The molecular formula is C11H16N4O. The third-order valence-electron chi connectivity index (χ3n) is 4.04. The van der Waals surface area contributed by atoms with E-state index in [0.717, 1.165) is 37.4 Å². The highest BCUT2D eigenvalue weighted by atomic mass is 16.3. The zero-order valence-corrected chi connectivity index (χ0v) is 9.15. The number of fused-ring (bicyclic) bond motifs is 2. The first-order valence-corrected chi connectivity index (χ1v) is 5.90. The van der Waals surface area contributed by atoms with E-state index in [1.165, 1.54) is 6.42 Å². The molecule has 2 fully saturated rings. The summed E-state index contributed by atoms with van der Waals surface area (Å²) >= 11 is 0. The van der Waals surface area contributed by atoms with Crippen LogP contribution in [0.1, 0.15) is 31.4 Å². The Bertz CT molecular complexity index is 377. The smallest absolute Gasteiger partial charge is 0.145 e. The van der Waals surface area contributed by atoms with Gasteiger partial charge in [-0.3, -0.25) is 5.10 Å². The van der Waals surface area contributed by atoms with E-state index in [9.17, 15) is 4.91 Å². The third kappa shape index (κ3) is 1.46. The van der Waals surface area contributed by atoms with Gasteiger partial charge in [0.2, 0.25) is 0 Å². The number of rotatable bonds is 2. The van der Waals surface area contributed by atoms with Gasteiger partial charge < -0.3 is 5.32 Å². The Labute approximate surface area is 94.0 Å². The van der Waals surface area contributed by atoms with Crippen LogP contribution in [0.4, 0.5) is 0 Å². The van der Waals surface area contributed by atoms with Crippen molar-refractivity contribution in [2.45, 2.75) is 37.3 Å². The van der Waals surface area contributed by atoms with E-state index in [0.29, 0.717) is 6.04 Å². The fraction of sp³-hybridized carbons (Fsp3) is 0.727. The minimum absolute atomic E-state index is 0.438. The van der Waals surface area contributed by atoms with Gasteiger partial charge in [0.15, 0.2) is 0 Å². The number of hydrogen-bond acceptors (Lipinski definition) is 4. The number of nitrogens with one attached hydrogen (secondary N) is 2. The number of aromatic amines is 1. The number of H-pyrrole nitrogens is 1. The van der Waals surface area contributed by atoms with Crippen LogP contribution >= 0.6 is 0 Å². The summed E-state index contributed by atoms with van der Waals surface area (Å²) in [6.07, 6.45) is 5.61. The second-order valence-corrected chi connectivity index (χ2v) is 5.04. The molecule has 0 aromatic carbocycles. The highest BCUT2D eigenvalue weighted by Crippen LogP contribution is 2.42. The lowest BCUT2D eigenvalue weighted by Crippen LogP contribution is -2.34. The third-order valence-corrected chi connectivity index (χ3v) is 4.04. The summed E-state index contributed by atoms with van der Waals surface area (Å²) in [4.78, 5) is 11.3. The monoisotopic (exact) mass is 220 g/mol. The first kappa shape index (κ1) is 9.96. The molecule has 3 rings (SSSR count). The van der Waals surface area contributed by atoms with Crippen LogP contribution in [0.2, 0.25) is 0 Å². The molecule has 86 valence electrons. The van der Waals surface area contributed by atoms with Gasteiger partial charge in [-0.1, -0.05) is 5.18 Å².